The first-order chi connectivity index (χ1) is 12.6. The van der Waals surface area contributed by atoms with Crippen LogP contribution in [0.25, 0.3) is 0 Å². The lowest BCUT2D eigenvalue weighted by Gasteiger charge is -2.19. The summed E-state index contributed by atoms with van der Waals surface area (Å²) >= 11 is 0. The molecule has 3 aromatic rings. The Bertz CT molecular complexity index is 1080. The van der Waals surface area contributed by atoms with Crippen molar-refractivity contribution in [1.82, 2.24) is 0 Å². The van der Waals surface area contributed by atoms with Gasteiger partial charge in [0.25, 0.3) is 0 Å². The lowest BCUT2D eigenvalue weighted by molar-refractivity contribution is 0.0730. The molecule has 0 atom stereocenters. The molecule has 26 heavy (non-hydrogen) atoms. The van der Waals surface area contributed by atoms with E-state index < -0.39 is 5.97 Å². The summed E-state index contributed by atoms with van der Waals surface area (Å²) in [5.74, 6) is -1.02. The van der Waals surface area contributed by atoms with Crippen molar-refractivity contribution in [3.63, 3.8) is 0 Å². The summed E-state index contributed by atoms with van der Waals surface area (Å²) in [6.45, 7) is 1.81. The minimum atomic E-state index is -0.560. The van der Waals surface area contributed by atoms with Crippen LogP contribution in [0.4, 0.5) is 0 Å². The molecule has 0 amide bonds. The van der Waals surface area contributed by atoms with Gasteiger partial charge in [-0.2, -0.15) is 0 Å². The maximum atomic E-state index is 12.9. The van der Waals surface area contributed by atoms with E-state index in [0.29, 0.717) is 16.7 Å². The second kappa shape index (κ2) is 6.08. The Hall–Kier alpha value is -3.53. The van der Waals surface area contributed by atoms with Crippen LogP contribution >= 0.6 is 0 Å². The molecule has 0 fully saturated rings. The van der Waals surface area contributed by atoms with E-state index in [4.69, 9.17) is 4.74 Å². The third-order valence-electron chi connectivity index (χ3n) is 4.48. The third kappa shape index (κ3) is 2.43. The average Bonchev–Trinajstić information content (AvgIpc) is 2.66. The molecular weight excluding hydrogens is 328 g/mol. The monoisotopic (exact) mass is 342 g/mol. The summed E-state index contributed by atoms with van der Waals surface area (Å²) < 4.78 is 5.50. The van der Waals surface area contributed by atoms with Gasteiger partial charge in [-0.05, 0) is 24.6 Å². The fourth-order valence-electron chi connectivity index (χ4n) is 3.16. The van der Waals surface area contributed by atoms with Crippen molar-refractivity contribution in [2.24, 2.45) is 0 Å². The summed E-state index contributed by atoms with van der Waals surface area (Å²) in [5.41, 5.74) is 2.27. The minimum absolute atomic E-state index is 0.101. The van der Waals surface area contributed by atoms with Gasteiger partial charge < -0.3 is 4.74 Å². The van der Waals surface area contributed by atoms with Crippen molar-refractivity contribution < 1.29 is 19.1 Å². The van der Waals surface area contributed by atoms with E-state index in [1.165, 1.54) is 6.07 Å². The number of hydrogen-bond donors (Lipinski definition) is 0. The number of carbonyl (C=O) groups is 3. The zero-order chi connectivity index (χ0) is 18.3. The molecule has 4 rings (SSSR count). The van der Waals surface area contributed by atoms with Crippen molar-refractivity contribution >= 4 is 17.5 Å². The molecule has 0 spiro atoms. The minimum Gasteiger partial charge on any atom is -0.422 e. The van der Waals surface area contributed by atoms with E-state index in [0.717, 1.165) is 5.56 Å². The molecule has 0 saturated heterocycles. The number of esters is 1. The Kier molecular flexibility index (Phi) is 3.73. The van der Waals surface area contributed by atoms with Gasteiger partial charge >= 0.3 is 5.97 Å². The highest BCUT2D eigenvalue weighted by Crippen LogP contribution is 2.33. The zero-order valence-corrected chi connectivity index (χ0v) is 14.0. The second-order valence-electron chi connectivity index (χ2n) is 6.09. The highest BCUT2D eigenvalue weighted by atomic mass is 16.5. The Morgan fingerprint density at radius 3 is 2.08 bits per heavy atom. The molecule has 0 bridgehead atoms. The quantitative estimate of drug-likeness (QED) is 0.408. The molecule has 0 heterocycles. The lowest BCUT2D eigenvalue weighted by Crippen LogP contribution is -2.22. The summed E-state index contributed by atoms with van der Waals surface area (Å²) in [5, 5.41) is 0. The molecule has 0 unspecified atom stereocenters. The van der Waals surface area contributed by atoms with E-state index >= 15 is 0 Å². The predicted molar refractivity (Wildman–Crippen MR) is 95.9 cm³/mol. The molecule has 126 valence electrons. The van der Waals surface area contributed by atoms with Crippen LogP contribution in [0, 0.1) is 6.92 Å². The Labute approximate surface area is 150 Å². The van der Waals surface area contributed by atoms with E-state index in [1.54, 1.807) is 48.5 Å². The van der Waals surface area contributed by atoms with E-state index in [9.17, 15) is 14.4 Å². The topological polar surface area (TPSA) is 60.4 Å². The first-order valence-electron chi connectivity index (χ1n) is 8.17. The van der Waals surface area contributed by atoms with Crippen molar-refractivity contribution in [3.8, 4) is 5.75 Å². The number of hydrogen-bond acceptors (Lipinski definition) is 4. The molecule has 0 radical (unpaired) electrons. The fourth-order valence-corrected chi connectivity index (χ4v) is 3.16. The van der Waals surface area contributed by atoms with Crippen molar-refractivity contribution in [2.75, 3.05) is 0 Å². The predicted octanol–water partition coefficient (Wildman–Crippen LogP) is 3.99. The van der Waals surface area contributed by atoms with Crippen molar-refractivity contribution in [3.05, 3.63) is 100 Å². The number of benzene rings is 3. The van der Waals surface area contributed by atoms with Crippen LogP contribution in [0.2, 0.25) is 0 Å². The molecule has 0 aromatic heterocycles. The molecule has 4 heteroatoms. The van der Waals surface area contributed by atoms with Gasteiger partial charge in [0.2, 0.25) is 0 Å². The third-order valence-corrected chi connectivity index (χ3v) is 4.48. The summed E-state index contributed by atoms with van der Waals surface area (Å²) in [7, 11) is 0. The Morgan fingerprint density at radius 1 is 0.731 bits per heavy atom. The standard InChI is InChI=1S/C22H14O4/c1-13-7-2-3-8-14(13)22(25)26-18-12-6-11-17-19(18)21(24)16-10-5-4-9-15(16)20(17)23/h2-12H,1H3. The number of ether oxygens (including phenoxy) is 1. The zero-order valence-electron chi connectivity index (χ0n) is 14.0. The van der Waals surface area contributed by atoms with Gasteiger partial charge in [-0.1, -0.05) is 54.6 Å². The fraction of sp³-hybridized carbons (Fsp3) is 0.0455. The number of carbonyl (C=O) groups excluding carboxylic acids is 3. The highest BCUT2D eigenvalue weighted by molar-refractivity contribution is 6.29. The number of rotatable bonds is 2. The second-order valence-corrected chi connectivity index (χ2v) is 6.09. The molecule has 0 N–H and O–H groups in total. The summed E-state index contributed by atoms with van der Waals surface area (Å²) in [4.78, 5) is 38.2. The molecule has 3 aromatic carbocycles. The van der Waals surface area contributed by atoms with E-state index in [-0.39, 0.29) is 28.4 Å². The van der Waals surface area contributed by atoms with Crippen LogP contribution in [0.5, 0.6) is 5.75 Å². The van der Waals surface area contributed by atoms with Crippen LogP contribution < -0.4 is 4.74 Å². The van der Waals surface area contributed by atoms with Gasteiger partial charge in [-0.25, -0.2) is 4.79 Å². The largest absolute Gasteiger partial charge is 0.422 e. The van der Waals surface area contributed by atoms with Gasteiger partial charge in [0.05, 0.1) is 11.1 Å². The number of ketones is 2. The van der Waals surface area contributed by atoms with Crippen molar-refractivity contribution in [1.29, 1.82) is 0 Å². The van der Waals surface area contributed by atoms with E-state index in [2.05, 4.69) is 0 Å². The maximum Gasteiger partial charge on any atom is 0.343 e. The van der Waals surface area contributed by atoms with Crippen LogP contribution in [0.3, 0.4) is 0 Å². The lowest BCUT2D eigenvalue weighted by atomic mass is 9.83. The molecular formula is C22H14O4. The maximum absolute atomic E-state index is 12.9. The highest BCUT2D eigenvalue weighted by Gasteiger charge is 2.32. The van der Waals surface area contributed by atoms with Gasteiger partial charge in [-0.15, -0.1) is 0 Å². The smallest absolute Gasteiger partial charge is 0.343 e. The van der Waals surface area contributed by atoms with Gasteiger partial charge in [0, 0.05) is 16.7 Å². The van der Waals surface area contributed by atoms with Crippen LogP contribution in [-0.4, -0.2) is 17.5 Å². The van der Waals surface area contributed by atoms with Gasteiger partial charge in [0.1, 0.15) is 5.75 Å². The van der Waals surface area contributed by atoms with Crippen LogP contribution in [0.1, 0.15) is 47.8 Å². The molecule has 0 aliphatic heterocycles. The van der Waals surface area contributed by atoms with Crippen molar-refractivity contribution in [2.45, 2.75) is 6.92 Å². The summed E-state index contributed by atoms with van der Waals surface area (Å²) in [6.07, 6.45) is 0. The Morgan fingerprint density at radius 2 is 1.35 bits per heavy atom. The average molecular weight is 342 g/mol. The molecule has 0 saturated carbocycles. The summed E-state index contributed by atoms with van der Waals surface area (Å²) in [6, 6.07) is 18.4. The van der Waals surface area contributed by atoms with E-state index in [1.807, 2.05) is 19.1 Å². The number of aryl methyl sites for hydroxylation is 1. The Balaban J connectivity index is 1.79. The molecule has 1 aliphatic carbocycles. The van der Waals surface area contributed by atoms with Crippen LogP contribution in [-0.2, 0) is 0 Å². The molecule has 4 nitrogen and oxygen atoms in total. The first-order valence-corrected chi connectivity index (χ1v) is 8.17. The SMILES string of the molecule is Cc1ccccc1C(=O)Oc1cccc2c1C(=O)c1ccccc1C2=O. The molecule has 1 aliphatic rings. The normalized spacial score (nSPS) is 12.3. The van der Waals surface area contributed by atoms with Gasteiger partial charge in [-0.3, -0.25) is 9.59 Å². The number of fused-ring (bicyclic) bond motifs is 2. The van der Waals surface area contributed by atoms with Gasteiger partial charge in [0.15, 0.2) is 11.6 Å². The first kappa shape index (κ1) is 16.0. The van der Waals surface area contributed by atoms with Crippen LogP contribution in [0.15, 0.2) is 66.7 Å².